The summed E-state index contributed by atoms with van der Waals surface area (Å²) in [4.78, 5) is 27.4. The van der Waals surface area contributed by atoms with E-state index in [2.05, 4.69) is 9.88 Å². The topological polar surface area (TPSA) is 67.8 Å². The van der Waals surface area contributed by atoms with Crippen molar-refractivity contribution in [1.82, 2.24) is 14.9 Å². The fourth-order valence-electron chi connectivity index (χ4n) is 4.75. The lowest BCUT2D eigenvalue weighted by molar-refractivity contribution is -0.133. The zero-order valence-electron chi connectivity index (χ0n) is 17.7. The Morgan fingerprint density at radius 3 is 2.34 bits per heavy atom. The zero-order valence-corrected chi connectivity index (χ0v) is 17.7. The van der Waals surface area contributed by atoms with Gasteiger partial charge < -0.3 is 19.3 Å². The predicted molar refractivity (Wildman–Crippen MR) is 119 cm³/mol. The molecule has 3 aliphatic rings. The van der Waals surface area contributed by atoms with Crippen molar-refractivity contribution in [3.63, 3.8) is 0 Å². The van der Waals surface area contributed by atoms with Crippen LogP contribution in [0.4, 0.5) is 5.95 Å². The van der Waals surface area contributed by atoms with Gasteiger partial charge in [-0.2, -0.15) is 0 Å². The third-order valence-corrected chi connectivity index (χ3v) is 6.47. The van der Waals surface area contributed by atoms with Crippen molar-refractivity contribution in [1.29, 1.82) is 0 Å². The number of rotatable bonds is 2. The van der Waals surface area contributed by atoms with Crippen molar-refractivity contribution in [3.8, 4) is 11.5 Å². The summed E-state index contributed by atoms with van der Waals surface area (Å²) in [5.41, 5.74) is 3.89. The van der Waals surface area contributed by atoms with Crippen molar-refractivity contribution in [2.45, 2.75) is 18.9 Å². The summed E-state index contributed by atoms with van der Waals surface area (Å²) in [7, 11) is 0. The number of aromatic nitrogens is 2. The Bertz CT molecular complexity index is 1130. The molecule has 1 fully saturated rings. The fraction of sp³-hybridized carbons (Fsp3) is 0.320. The summed E-state index contributed by atoms with van der Waals surface area (Å²) in [6, 6.07) is 15.6. The normalized spacial score (nSPS) is 17.8. The summed E-state index contributed by atoms with van der Waals surface area (Å²) >= 11 is 0. The maximum atomic E-state index is 13.9. The molecule has 1 amide bonds. The first kappa shape index (κ1) is 19.3. The largest absolute Gasteiger partial charge is 0.457 e. The lowest BCUT2D eigenvalue weighted by Gasteiger charge is -2.34. The lowest BCUT2D eigenvalue weighted by atomic mass is 9.86. The Labute approximate surface area is 186 Å². The molecular weight excluding hydrogens is 404 g/mol. The van der Waals surface area contributed by atoms with E-state index in [0.717, 1.165) is 59.3 Å². The zero-order chi connectivity index (χ0) is 21.5. The van der Waals surface area contributed by atoms with Crippen LogP contribution >= 0.6 is 0 Å². The predicted octanol–water partition coefficient (Wildman–Crippen LogP) is 3.14. The second-order valence-electron chi connectivity index (χ2n) is 8.36. The average Bonchev–Trinajstić information content (AvgIpc) is 2.86. The minimum absolute atomic E-state index is 0.0883. The minimum Gasteiger partial charge on any atom is -0.457 e. The smallest absolute Gasteiger partial charge is 0.235 e. The lowest BCUT2D eigenvalue weighted by Crippen LogP contribution is -2.41. The summed E-state index contributed by atoms with van der Waals surface area (Å²) in [5, 5.41) is 0. The van der Waals surface area contributed by atoms with Crippen molar-refractivity contribution >= 4 is 11.9 Å². The maximum Gasteiger partial charge on any atom is 0.235 e. The van der Waals surface area contributed by atoms with Crippen molar-refractivity contribution < 1.29 is 14.3 Å². The number of anilines is 1. The summed E-state index contributed by atoms with van der Waals surface area (Å²) in [6.45, 7) is 4.11. The van der Waals surface area contributed by atoms with E-state index in [1.807, 2.05) is 59.6 Å². The first-order chi connectivity index (χ1) is 15.8. The van der Waals surface area contributed by atoms with Gasteiger partial charge in [-0.05, 0) is 24.1 Å². The molecule has 0 aliphatic carbocycles. The van der Waals surface area contributed by atoms with Crippen LogP contribution in [0, 0.1) is 0 Å². The molecule has 0 radical (unpaired) electrons. The summed E-state index contributed by atoms with van der Waals surface area (Å²) in [5.74, 6) is 1.93. The van der Waals surface area contributed by atoms with Gasteiger partial charge >= 0.3 is 0 Å². The molecule has 3 aliphatic heterocycles. The maximum absolute atomic E-state index is 13.9. The van der Waals surface area contributed by atoms with E-state index < -0.39 is 0 Å². The second kappa shape index (κ2) is 7.91. The third kappa shape index (κ3) is 3.29. The van der Waals surface area contributed by atoms with Gasteiger partial charge in [0, 0.05) is 37.0 Å². The molecule has 0 bridgehead atoms. The van der Waals surface area contributed by atoms with Crippen LogP contribution in [-0.2, 0) is 22.5 Å². The van der Waals surface area contributed by atoms with Crippen molar-refractivity contribution in [2.24, 2.45) is 0 Å². The number of hydrogen-bond donors (Lipinski definition) is 0. The Kier molecular flexibility index (Phi) is 4.76. The summed E-state index contributed by atoms with van der Waals surface area (Å²) < 4.78 is 11.5. The van der Waals surface area contributed by atoms with E-state index in [9.17, 15) is 4.79 Å². The van der Waals surface area contributed by atoms with E-state index in [1.54, 1.807) is 0 Å². The van der Waals surface area contributed by atoms with Crippen molar-refractivity contribution in [3.05, 3.63) is 77.1 Å². The Morgan fingerprint density at radius 2 is 1.62 bits per heavy atom. The second-order valence-corrected chi connectivity index (χ2v) is 8.36. The van der Waals surface area contributed by atoms with E-state index in [1.165, 1.54) is 0 Å². The number of para-hydroxylation sites is 2. The van der Waals surface area contributed by atoms with Crippen LogP contribution in [0.15, 0.2) is 54.7 Å². The van der Waals surface area contributed by atoms with Gasteiger partial charge in [0.1, 0.15) is 11.5 Å². The number of benzene rings is 2. The number of carbonyl (C=O) groups excluding carboxylic acids is 1. The number of ether oxygens (including phenoxy) is 2. The quantitative estimate of drug-likeness (QED) is 0.625. The molecular formula is C25H24N4O3. The van der Waals surface area contributed by atoms with Gasteiger partial charge in [-0.3, -0.25) is 4.79 Å². The van der Waals surface area contributed by atoms with Crippen LogP contribution in [0.3, 0.4) is 0 Å². The van der Waals surface area contributed by atoms with Crippen LogP contribution in [0.2, 0.25) is 0 Å². The number of fused-ring (bicyclic) bond motifs is 3. The fourth-order valence-corrected chi connectivity index (χ4v) is 4.75. The molecule has 0 N–H and O–H groups in total. The Balaban J connectivity index is 1.31. The van der Waals surface area contributed by atoms with E-state index >= 15 is 0 Å². The van der Waals surface area contributed by atoms with Gasteiger partial charge in [-0.15, -0.1) is 0 Å². The molecule has 162 valence electrons. The van der Waals surface area contributed by atoms with E-state index in [4.69, 9.17) is 14.5 Å². The molecule has 7 heteroatoms. The van der Waals surface area contributed by atoms with E-state index in [-0.39, 0.29) is 11.8 Å². The van der Waals surface area contributed by atoms with Gasteiger partial charge in [0.2, 0.25) is 11.9 Å². The van der Waals surface area contributed by atoms with Gasteiger partial charge in [-0.25, -0.2) is 9.97 Å². The third-order valence-electron chi connectivity index (χ3n) is 6.47. The first-order valence-corrected chi connectivity index (χ1v) is 11.1. The molecule has 1 saturated heterocycles. The number of amides is 1. The highest BCUT2D eigenvalue weighted by Gasteiger charge is 2.36. The molecule has 0 saturated carbocycles. The van der Waals surface area contributed by atoms with Crippen LogP contribution in [-0.4, -0.2) is 53.6 Å². The molecule has 2 aromatic carbocycles. The first-order valence-electron chi connectivity index (χ1n) is 11.1. The van der Waals surface area contributed by atoms with E-state index in [0.29, 0.717) is 26.3 Å². The highest BCUT2D eigenvalue weighted by Crippen LogP contribution is 2.45. The van der Waals surface area contributed by atoms with Crippen LogP contribution in [0.25, 0.3) is 0 Å². The molecule has 0 spiro atoms. The average molecular weight is 428 g/mol. The molecule has 0 unspecified atom stereocenters. The highest BCUT2D eigenvalue weighted by atomic mass is 16.5. The molecule has 7 nitrogen and oxygen atoms in total. The molecule has 1 aromatic heterocycles. The van der Waals surface area contributed by atoms with Gasteiger partial charge in [0.05, 0.1) is 31.4 Å². The molecule has 0 atom stereocenters. The Hall–Kier alpha value is -3.45. The molecule has 4 heterocycles. The SMILES string of the molecule is O=C(C1c2ccccc2Oc2ccccc21)N1CCc2cnc(N3CCOCC3)nc2C1. The Morgan fingerprint density at radius 1 is 0.938 bits per heavy atom. The van der Waals surface area contributed by atoms with Gasteiger partial charge in [0.15, 0.2) is 0 Å². The van der Waals surface area contributed by atoms with Gasteiger partial charge in [-0.1, -0.05) is 36.4 Å². The van der Waals surface area contributed by atoms with Gasteiger partial charge in [0.25, 0.3) is 0 Å². The number of nitrogens with zero attached hydrogens (tertiary/aromatic N) is 4. The summed E-state index contributed by atoms with van der Waals surface area (Å²) in [6.07, 6.45) is 2.69. The van der Waals surface area contributed by atoms with Crippen LogP contribution in [0.1, 0.15) is 28.3 Å². The number of morpholine rings is 1. The molecule has 6 rings (SSSR count). The minimum atomic E-state index is -0.377. The van der Waals surface area contributed by atoms with Crippen LogP contribution < -0.4 is 9.64 Å². The molecule has 32 heavy (non-hydrogen) atoms. The number of carbonyl (C=O) groups is 1. The highest BCUT2D eigenvalue weighted by molar-refractivity contribution is 5.89. The number of hydrogen-bond acceptors (Lipinski definition) is 6. The monoisotopic (exact) mass is 428 g/mol. The standard InChI is InChI=1S/C25H24N4O3/c30-24(23-18-5-1-3-7-21(18)32-22-8-4-2-6-19(22)23)29-10-9-17-15-26-25(27-20(17)16-29)28-11-13-31-14-12-28/h1-8,15,23H,9-14,16H2. The van der Waals surface area contributed by atoms with Crippen LogP contribution in [0.5, 0.6) is 11.5 Å². The molecule has 3 aromatic rings. The van der Waals surface area contributed by atoms with Crippen molar-refractivity contribution in [2.75, 3.05) is 37.7 Å².